The van der Waals surface area contributed by atoms with Gasteiger partial charge >= 0.3 is 0 Å². The number of hydrogen-bond acceptors (Lipinski definition) is 3. The van der Waals surface area contributed by atoms with Crippen LogP contribution in [0, 0.1) is 5.92 Å². The lowest BCUT2D eigenvalue weighted by Crippen LogP contribution is -2.19. The molecule has 0 atom stereocenters. The maximum atomic E-state index is 4.38. The van der Waals surface area contributed by atoms with Gasteiger partial charge in [0.15, 0.2) is 0 Å². The van der Waals surface area contributed by atoms with Gasteiger partial charge in [0.1, 0.15) is 0 Å². The van der Waals surface area contributed by atoms with E-state index in [1.54, 1.807) is 0 Å². The first-order valence-electron chi connectivity index (χ1n) is 7.42. The molecule has 2 rings (SSSR count). The van der Waals surface area contributed by atoms with Crippen LogP contribution < -0.4 is 5.32 Å². The van der Waals surface area contributed by atoms with E-state index in [0.29, 0.717) is 5.92 Å². The minimum absolute atomic E-state index is 0.611. The zero-order chi connectivity index (χ0) is 14.4. The number of aryl methyl sites for hydroxylation is 1. The molecule has 2 aromatic heterocycles. The first-order valence-corrected chi connectivity index (χ1v) is 7.42. The Morgan fingerprint density at radius 2 is 1.65 bits per heavy atom. The molecule has 110 valence electrons. The topological polar surface area (TPSA) is 47.7 Å². The predicted molar refractivity (Wildman–Crippen MR) is 80.1 cm³/mol. The molecule has 0 spiro atoms. The summed E-state index contributed by atoms with van der Waals surface area (Å²) in [6.45, 7) is 10.2. The smallest absolute Gasteiger partial charge is 0.0522 e. The van der Waals surface area contributed by atoms with E-state index in [1.807, 2.05) is 12.4 Å². The van der Waals surface area contributed by atoms with Crippen LogP contribution in [0.1, 0.15) is 38.6 Å². The fourth-order valence-corrected chi connectivity index (χ4v) is 2.26. The summed E-state index contributed by atoms with van der Waals surface area (Å²) in [6.07, 6.45) is 4.85. The lowest BCUT2D eigenvalue weighted by Gasteiger charge is -2.11. The highest BCUT2D eigenvalue weighted by atomic mass is 15.3. The summed E-state index contributed by atoms with van der Waals surface area (Å²) in [5.74, 6) is 0.611. The maximum Gasteiger partial charge on any atom is 0.0522 e. The molecule has 0 aliphatic heterocycles. The van der Waals surface area contributed by atoms with Gasteiger partial charge in [-0.25, -0.2) is 0 Å². The SMILES string of the molecule is CCCn1nccc1CNCc1ccnn1CC(C)C. The highest BCUT2D eigenvalue weighted by Gasteiger charge is 2.05. The molecule has 20 heavy (non-hydrogen) atoms. The van der Waals surface area contributed by atoms with E-state index in [-0.39, 0.29) is 0 Å². The monoisotopic (exact) mass is 275 g/mol. The van der Waals surface area contributed by atoms with E-state index in [2.05, 4.69) is 57.8 Å². The van der Waals surface area contributed by atoms with Crippen molar-refractivity contribution in [3.63, 3.8) is 0 Å². The molecule has 0 amide bonds. The van der Waals surface area contributed by atoms with Crippen molar-refractivity contribution in [2.75, 3.05) is 0 Å². The predicted octanol–water partition coefficient (Wildman–Crippen LogP) is 2.44. The van der Waals surface area contributed by atoms with Crippen LogP contribution in [-0.2, 0) is 26.2 Å². The number of aromatic nitrogens is 4. The fraction of sp³-hybridized carbons (Fsp3) is 0.600. The number of rotatable bonds is 8. The average Bonchev–Trinajstić information content (AvgIpc) is 3.00. The lowest BCUT2D eigenvalue weighted by molar-refractivity contribution is 0.458. The summed E-state index contributed by atoms with van der Waals surface area (Å²) >= 11 is 0. The lowest BCUT2D eigenvalue weighted by atomic mass is 10.2. The Balaban J connectivity index is 1.86. The van der Waals surface area contributed by atoms with Crippen LogP contribution in [0.15, 0.2) is 24.5 Å². The van der Waals surface area contributed by atoms with E-state index < -0.39 is 0 Å². The fourth-order valence-electron chi connectivity index (χ4n) is 2.26. The van der Waals surface area contributed by atoms with Crippen molar-refractivity contribution in [3.8, 4) is 0 Å². The minimum Gasteiger partial charge on any atom is -0.306 e. The Labute approximate surface area is 121 Å². The second-order valence-electron chi connectivity index (χ2n) is 5.55. The summed E-state index contributed by atoms with van der Waals surface area (Å²) in [6, 6.07) is 4.16. The maximum absolute atomic E-state index is 4.38. The van der Waals surface area contributed by atoms with Gasteiger partial charge in [0, 0.05) is 38.6 Å². The third-order valence-electron chi connectivity index (χ3n) is 3.19. The molecule has 1 N–H and O–H groups in total. The van der Waals surface area contributed by atoms with Gasteiger partial charge in [-0.05, 0) is 24.5 Å². The summed E-state index contributed by atoms with van der Waals surface area (Å²) in [5, 5.41) is 12.2. The van der Waals surface area contributed by atoms with Crippen LogP contribution in [0.5, 0.6) is 0 Å². The molecular weight excluding hydrogens is 250 g/mol. The zero-order valence-electron chi connectivity index (χ0n) is 12.7. The van der Waals surface area contributed by atoms with Crippen molar-refractivity contribution in [2.45, 2.75) is 53.4 Å². The van der Waals surface area contributed by atoms with E-state index in [9.17, 15) is 0 Å². The van der Waals surface area contributed by atoms with Crippen molar-refractivity contribution < 1.29 is 0 Å². The normalized spacial score (nSPS) is 11.4. The van der Waals surface area contributed by atoms with Crippen LogP contribution in [0.2, 0.25) is 0 Å². The Morgan fingerprint density at radius 3 is 2.25 bits per heavy atom. The van der Waals surface area contributed by atoms with Crippen molar-refractivity contribution in [2.24, 2.45) is 5.92 Å². The third-order valence-corrected chi connectivity index (χ3v) is 3.19. The largest absolute Gasteiger partial charge is 0.306 e. The van der Waals surface area contributed by atoms with Crippen LogP contribution in [0.3, 0.4) is 0 Å². The Bertz CT molecular complexity index is 512. The molecule has 0 fully saturated rings. The molecule has 0 saturated heterocycles. The van der Waals surface area contributed by atoms with Crippen LogP contribution in [0.4, 0.5) is 0 Å². The van der Waals surface area contributed by atoms with Gasteiger partial charge in [0.25, 0.3) is 0 Å². The van der Waals surface area contributed by atoms with Crippen molar-refractivity contribution in [3.05, 3.63) is 35.9 Å². The van der Waals surface area contributed by atoms with Crippen molar-refractivity contribution >= 4 is 0 Å². The first kappa shape index (κ1) is 14.8. The molecule has 0 unspecified atom stereocenters. The van der Waals surface area contributed by atoms with Crippen LogP contribution in [-0.4, -0.2) is 19.6 Å². The number of nitrogens with zero attached hydrogens (tertiary/aromatic N) is 4. The van der Waals surface area contributed by atoms with Crippen LogP contribution in [0.25, 0.3) is 0 Å². The van der Waals surface area contributed by atoms with E-state index in [4.69, 9.17) is 0 Å². The quantitative estimate of drug-likeness (QED) is 0.805. The third kappa shape index (κ3) is 3.93. The van der Waals surface area contributed by atoms with E-state index >= 15 is 0 Å². The highest BCUT2D eigenvalue weighted by molar-refractivity contribution is 5.03. The summed E-state index contributed by atoms with van der Waals surface area (Å²) in [4.78, 5) is 0. The second-order valence-corrected chi connectivity index (χ2v) is 5.55. The molecular formula is C15H25N5. The average molecular weight is 275 g/mol. The standard InChI is InChI=1S/C15H25N5/c1-4-9-19-14(5-7-17-19)10-16-11-15-6-8-18-20(15)12-13(2)3/h5-8,13,16H,4,9-12H2,1-3H3. The molecule has 5 heteroatoms. The van der Waals surface area contributed by atoms with Crippen molar-refractivity contribution in [1.82, 2.24) is 24.9 Å². The molecule has 0 bridgehead atoms. The molecule has 0 aliphatic carbocycles. The Kier molecular flexibility index (Phi) is 5.35. The second kappa shape index (κ2) is 7.24. The van der Waals surface area contributed by atoms with Gasteiger partial charge < -0.3 is 5.32 Å². The van der Waals surface area contributed by atoms with E-state index in [1.165, 1.54) is 11.4 Å². The molecule has 0 radical (unpaired) electrons. The Hall–Kier alpha value is -1.62. The molecule has 0 aromatic carbocycles. The van der Waals surface area contributed by atoms with Crippen molar-refractivity contribution in [1.29, 1.82) is 0 Å². The van der Waals surface area contributed by atoms with Gasteiger partial charge in [-0.15, -0.1) is 0 Å². The Morgan fingerprint density at radius 1 is 1.05 bits per heavy atom. The first-order chi connectivity index (χ1) is 9.70. The molecule has 5 nitrogen and oxygen atoms in total. The zero-order valence-corrected chi connectivity index (χ0v) is 12.7. The summed E-state index contributed by atoms with van der Waals surface area (Å²) < 4.78 is 4.15. The summed E-state index contributed by atoms with van der Waals surface area (Å²) in [5.41, 5.74) is 2.47. The molecule has 0 saturated carbocycles. The minimum atomic E-state index is 0.611. The number of hydrogen-bond donors (Lipinski definition) is 1. The number of nitrogens with one attached hydrogen (secondary N) is 1. The van der Waals surface area contributed by atoms with Gasteiger partial charge in [-0.1, -0.05) is 20.8 Å². The van der Waals surface area contributed by atoms with Gasteiger partial charge in [-0.2, -0.15) is 10.2 Å². The molecule has 2 heterocycles. The highest BCUT2D eigenvalue weighted by Crippen LogP contribution is 2.05. The summed E-state index contributed by atoms with van der Waals surface area (Å²) in [7, 11) is 0. The molecule has 0 aliphatic rings. The molecule has 2 aromatic rings. The van der Waals surface area contributed by atoms with Gasteiger partial charge in [-0.3, -0.25) is 9.36 Å². The van der Waals surface area contributed by atoms with Crippen LogP contribution >= 0.6 is 0 Å². The van der Waals surface area contributed by atoms with E-state index in [0.717, 1.165) is 32.6 Å². The van der Waals surface area contributed by atoms with Gasteiger partial charge in [0.05, 0.1) is 11.4 Å². The van der Waals surface area contributed by atoms with Gasteiger partial charge in [0.2, 0.25) is 0 Å².